The number of fused-ring (bicyclic) bond motifs is 1. The van der Waals surface area contributed by atoms with Gasteiger partial charge in [-0.1, -0.05) is 13.8 Å². The maximum Gasteiger partial charge on any atom is 0.160 e. The van der Waals surface area contributed by atoms with Gasteiger partial charge >= 0.3 is 0 Å². The third kappa shape index (κ3) is 3.06. The maximum atomic E-state index is 4.73. The lowest BCUT2D eigenvalue weighted by atomic mass is 10.2. The molecule has 0 aromatic carbocycles. The summed E-state index contributed by atoms with van der Waals surface area (Å²) in [7, 11) is 0. The van der Waals surface area contributed by atoms with Crippen LogP contribution in [0.25, 0.3) is 5.65 Å². The molecule has 3 rings (SSSR count). The lowest BCUT2D eigenvalue weighted by Crippen LogP contribution is -2.25. The summed E-state index contributed by atoms with van der Waals surface area (Å²) < 4.78 is 4.03. The zero-order valence-electron chi connectivity index (χ0n) is 14.2. The zero-order chi connectivity index (χ0) is 16.4. The van der Waals surface area contributed by atoms with E-state index in [9.17, 15) is 0 Å². The predicted molar refractivity (Wildman–Crippen MR) is 91.8 cm³/mol. The van der Waals surface area contributed by atoms with Gasteiger partial charge in [-0.15, -0.1) is 0 Å². The van der Waals surface area contributed by atoms with Gasteiger partial charge < -0.3 is 9.88 Å². The van der Waals surface area contributed by atoms with Crippen molar-refractivity contribution in [3.05, 3.63) is 41.7 Å². The molecule has 0 saturated heterocycles. The van der Waals surface area contributed by atoms with Crippen molar-refractivity contribution in [2.45, 2.75) is 53.1 Å². The van der Waals surface area contributed by atoms with Crippen LogP contribution in [-0.2, 0) is 13.0 Å². The summed E-state index contributed by atoms with van der Waals surface area (Å²) in [5.74, 6) is 1.01. The minimum Gasteiger partial charge on any atom is -0.365 e. The summed E-state index contributed by atoms with van der Waals surface area (Å²) in [4.78, 5) is 8.85. The minimum atomic E-state index is 0.310. The van der Waals surface area contributed by atoms with Gasteiger partial charge in [-0.2, -0.15) is 9.61 Å². The van der Waals surface area contributed by atoms with E-state index in [-0.39, 0.29) is 0 Å². The second kappa shape index (κ2) is 6.40. The zero-order valence-corrected chi connectivity index (χ0v) is 14.2. The Balaban J connectivity index is 1.95. The summed E-state index contributed by atoms with van der Waals surface area (Å²) in [5.41, 5.74) is 4.20. The normalized spacial score (nSPS) is 12.7. The Kier molecular flexibility index (Phi) is 4.32. The van der Waals surface area contributed by atoms with Gasteiger partial charge in [-0.25, -0.2) is 9.97 Å². The van der Waals surface area contributed by atoms with Crippen molar-refractivity contribution in [2.75, 3.05) is 5.32 Å². The Morgan fingerprint density at radius 1 is 1.26 bits per heavy atom. The second-order valence-corrected chi connectivity index (χ2v) is 5.94. The fourth-order valence-electron chi connectivity index (χ4n) is 2.70. The Hall–Kier alpha value is -2.37. The van der Waals surface area contributed by atoms with Crippen LogP contribution in [0.15, 0.2) is 24.8 Å². The summed E-state index contributed by atoms with van der Waals surface area (Å²) >= 11 is 0. The maximum absolute atomic E-state index is 4.73. The fourth-order valence-corrected chi connectivity index (χ4v) is 2.70. The van der Waals surface area contributed by atoms with Gasteiger partial charge in [0.15, 0.2) is 5.65 Å². The van der Waals surface area contributed by atoms with Crippen LogP contribution in [0.3, 0.4) is 0 Å². The summed E-state index contributed by atoms with van der Waals surface area (Å²) in [6, 6.07) is 2.42. The van der Waals surface area contributed by atoms with Crippen LogP contribution in [0.1, 0.15) is 37.2 Å². The van der Waals surface area contributed by atoms with Crippen LogP contribution in [-0.4, -0.2) is 30.2 Å². The van der Waals surface area contributed by atoms with E-state index >= 15 is 0 Å². The summed E-state index contributed by atoms with van der Waals surface area (Å²) in [6.07, 6.45) is 7.58. The summed E-state index contributed by atoms with van der Waals surface area (Å²) in [6.45, 7) is 9.30. The van der Waals surface area contributed by atoms with Crippen molar-refractivity contribution in [3.8, 4) is 0 Å². The molecule has 0 radical (unpaired) electrons. The molecule has 122 valence electrons. The van der Waals surface area contributed by atoms with E-state index in [2.05, 4.69) is 46.8 Å². The fraction of sp³-hybridized carbons (Fsp3) is 0.471. The molecular weight excluding hydrogens is 288 g/mol. The van der Waals surface area contributed by atoms with Gasteiger partial charge in [0.2, 0.25) is 0 Å². The van der Waals surface area contributed by atoms with Crippen LogP contribution in [0.5, 0.6) is 0 Å². The first-order valence-corrected chi connectivity index (χ1v) is 8.20. The van der Waals surface area contributed by atoms with Gasteiger partial charge in [0, 0.05) is 42.3 Å². The molecule has 3 heterocycles. The average Bonchev–Trinajstić information content (AvgIpc) is 3.16. The first kappa shape index (κ1) is 15.5. The number of anilines is 1. The lowest BCUT2D eigenvalue weighted by molar-refractivity contribution is 0.565. The molecule has 6 nitrogen and oxygen atoms in total. The van der Waals surface area contributed by atoms with E-state index in [0.29, 0.717) is 6.04 Å². The Bertz CT molecular complexity index is 787. The van der Waals surface area contributed by atoms with E-state index in [4.69, 9.17) is 4.98 Å². The third-order valence-corrected chi connectivity index (χ3v) is 4.31. The molecular formula is C17H24N6. The standard InChI is InChI=1S/C17H24N6/c1-5-14-9-16(23-17(20-14)12(3)13(4)21-23)19-15(6-2)10-22-8-7-18-11-22/h7-9,11,15,19H,5-6,10H2,1-4H3/t15-/m0/s1. The number of aryl methyl sites for hydroxylation is 3. The smallest absolute Gasteiger partial charge is 0.160 e. The number of imidazole rings is 1. The highest BCUT2D eigenvalue weighted by Crippen LogP contribution is 2.20. The molecule has 0 fully saturated rings. The molecule has 0 aliphatic heterocycles. The number of nitrogens with one attached hydrogen (secondary N) is 1. The molecule has 3 aromatic heterocycles. The molecule has 0 bridgehead atoms. The number of hydrogen-bond donors (Lipinski definition) is 1. The van der Waals surface area contributed by atoms with Crippen LogP contribution < -0.4 is 5.32 Å². The van der Waals surface area contributed by atoms with E-state index in [1.807, 2.05) is 30.2 Å². The molecule has 1 atom stereocenters. The van der Waals surface area contributed by atoms with Crippen molar-refractivity contribution < 1.29 is 0 Å². The molecule has 23 heavy (non-hydrogen) atoms. The van der Waals surface area contributed by atoms with Crippen molar-refractivity contribution in [1.29, 1.82) is 0 Å². The third-order valence-electron chi connectivity index (χ3n) is 4.31. The van der Waals surface area contributed by atoms with Gasteiger partial charge in [-0.05, 0) is 26.7 Å². The quantitative estimate of drug-likeness (QED) is 0.760. The number of rotatable bonds is 6. The van der Waals surface area contributed by atoms with E-state index in [1.165, 1.54) is 0 Å². The van der Waals surface area contributed by atoms with Gasteiger partial charge in [0.05, 0.1) is 12.0 Å². The number of nitrogens with zero attached hydrogens (tertiary/aromatic N) is 5. The Labute approximate surface area is 136 Å². The van der Waals surface area contributed by atoms with E-state index < -0.39 is 0 Å². The number of hydrogen-bond acceptors (Lipinski definition) is 4. The average molecular weight is 312 g/mol. The molecule has 1 N–H and O–H groups in total. The van der Waals surface area contributed by atoms with Gasteiger partial charge in [-0.3, -0.25) is 0 Å². The molecule has 6 heteroatoms. The van der Waals surface area contributed by atoms with Crippen molar-refractivity contribution in [1.82, 2.24) is 24.1 Å². The summed E-state index contributed by atoms with van der Waals surface area (Å²) in [5, 5.41) is 8.28. The molecule has 0 aliphatic rings. The van der Waals surface area contributed by atoms with Crippen LogP contribution in [0.2, 0.25) is 0 Å². The van der Waals surface area contributed by atoms with Crippen molar-refractivity contribution >= 4 is 11.5 Å². The molecule has 0 amide bonds. The van der Waals surface area contributed by atoms with Gasteiger partial charge in [0.1, 0.15) is 5.82 Å². The van der Waals surface area contributed by atoms with Crippen LogP contribution in [0, 0.1) is 13.8 Å². The van der Waals surface area contributed by atoms with Crippen LogP contribution in [0.4, 0.5) is 5.82 Å². The topological polar surface area (TPSA) is 60.0 Å². The number of aromatic nitrogens is 5. The highest BCUT2D eigenvalue weighted by atomic mass is 15.3. The van der Waals surface area contributed by atoms with E-state index in [0.717, 1.165) is 47.8 Å². The highest BCUT2D eigenvalue weighted by Gasteiger charge is 2.14. The molecule has 0 spiro atoms. The largest absolute Gasteiger partial charge is 0.365 e. The van der Waals surface area contributed by atoms with Crippen molar-refractivity contribution in [2.24, 2.45) is 0 Å². The molecule has 0 unspecified atom stereocenters. The molecule has 0 saturated carbocycles. The van der Waals surface area contributed by atoms with E-state index in [1.54, 1.807) is 0 Å². The van der Waals surface area contributed by atoms with Crippen LogP contribution >= 0.6 is 0 Å². The molecule has 3 aromatic rings. The monoisotopic (exact) mass is 312 g/mol. The van der Waals surface area contributed by atoms with Gasteiger partial charge in [0.25, 0.3) is 0 Å². The Morgan fingerprint density at radius 3 is 2.74 bits per heavy atom. The predicted octanol–water partition coefficient (Wildman–Crippen LogP) is 3.00. The SMILES string of the molecule is CCc1cc(N[C@@H](CC)Cn2ccnc2)n2nc(C)c(C)c2n1. The molecule has 0 aliphatic carbocycles. The Morgan fingerprint density at radius 2 is 2.09 bits per heavy atom. The first-order chi connectivity index (χ1) is 11.1. The second-order valence-electron chi connectivity index (χ2n) is 5.94. The first-order valence-electron chi connectivity index (χ1n) is 8.20. The highest BCUT2D eigenvalue weighted by molar-refractivity contribution is 5.56. The lowest BCUT2D eigenvalue weighted by Gasteiger charge is -2.19. The minimum absolute atomic E-state index is 0.310. The van der Waals surface area contributed by atoms with Crippen molar-refractivity contribution in [3.63, 3.8) is 0 Å².